The summed E-state index contributed by atoms with van der Waals surface area (Å²) in [7, 11) is 0. The number of hydrogen-bond donors (Lipinski definition) is 1. The summed E-state index contributed by atoms with van der Waals surface area (Å²) in [5.74, 6) is 0.630. The van der Waals surface area contributed by atoms with E-state index in [0.717, 1.165) is 42.4 Å². The highest BCUT2D eigenvalue weighted by molar-refractivity contribution is 5.82. The molecule has 26 heavy (non-hydrogen) atoms. The molecule has 1 saturated heterocycles. The third-order valence-corrected chi connectivity index (χ3v) is 5.20. The molecular weight excluding hydrogens is 326 g/mol. The minimum atomic E-state index is 0.0775. The molecule has 1 aliphatic heterocycles. The smallest absolute Gasteiger partial charge is 0.244 e. The lowest BCUT2D eigenvalue weighted by Gasteiger charge is -2.17. The van der Waals surface area contributed by atoms with Gasteiger partial charge in [0.2, 0.25) is 5.91 Å². The van der Waals surface area contributed by atoms with E-state index in [0.29, 0.717) is 12.5 Å². The van der Waals surface area contributed by atoms with Crippen LogP contribution < -0.4 is 0 Å². The van der Waals surface area contributed by atoms with Gasteiger partial charge in [0.25, 0.3) is 0 Å². The van der Waals surface area contributed by atoms with E-state index in [2.05, 4.69) is 17.2 Å². The lowest BCUT2D eigenvalue weighted by atomic mass is 9.98. The Kier molecular flexibility index (Phi) is 4.71. The molecule has 1 aromatic heterocycles. The van der Waals surface area contributed by atoms with Gasteiger partial charge in [-0.15, -0.1) is 0 Å². The average Bonchev–Trinajstić information content (AvgIpc) is 3.30. The van der Waals surface area contributed by atoms with Crippen molar-refractivity contribution in [3.8, 4) is 0 Å². The second-order valence-electron chi connectivity index (χ2n) is 7.03. The van der Waals surface area contributed by atoms with Crippen LogP contribution in [-0.2, 0) is 24.4 Å². The molecule has 134 valence electrons. The van der Waals surface area contributed by atoms with E-state index < -0.39 is 0 Å². The molecule has 2 heterocycles. The van der Waals surface area contributed by atoms with E-state index >= 15 is 0 Å². The lowest BCUT2D eigenvalue weighted by Crippen LogP contribution is -2.32. The summed E-state index contributed by atoms with van der Waals surface area (Å²) in [6, 6.07) is 16.0. The van der Waals surface area contributed by atoms with Crippen LogP contribution in [0.2, 0.25) is 0 Å². The van der Waals surface area contributed by atoms with Crippen LogP contribution in [0.4, 0.5) is 0 Å². The quantitative estimate of drug-likeness (QED) is 0.770. The van der Waals surface area contributed by atoms with Crippen LogP contribution in [0.25, 0.3) is 10.9 Å². The largest absolute Gasteiger partial charge is 0.392 e. The molecule has 0 saturated carbocycles. The summed E-state index contributed by atoms with van der Waals surface area (Å²) < 4.78 is 1.79. The predicted octanol–water partition coefficient (Wildman–Crippen LogP) is 2.62. The molecule has 0 bridgehead atoms. The summed E-state index contributed by atoms with van der Waals surface area (Å²) in [5, 5.41) is 14.5. The molecule has 0 aliphatic carbocycles. The second-order valence-corrected chi connectivity index (χ2v) is 7.03. The van der Waals surface area contributed by atoms with Gasteiger partial charge >= 0.3 is 0 Å². The molecule has 2 aromatic carbocycles. The van der Waals surface area contributed by atoms with Crippen molar-refractivity contribution in [2.75, 3.05) is 13.1 Å². The van der Waals surface area contributed by atoms with E-state index in [1.165, 1.54) is 5.56 Å². The maximum atomic E-state index is 12.7. The fraction of sp³-hybridized carbons (Fsp3) is 0.333. The van der Waals surface area contributed by atoms with Gasteiger partial charge in [0, 0.05) is 18.5 Å². The highest BCUT2D eigenvalue weighted by Gasteiger charge is 2.26. The van der Waals surface area contributed by atoms with Crippen LogP contribution >= 0.6 is 0 Å². The van der Waals surface area contributed by atoms with Crippen molar-refractivity contribution >= 4 is 16.8 Å². The SMILES string of the molecule is O=C(Cn1ncc2ccccc21)N1CCC(Cc2ccc(CO)cc2)C1. The van der Waals surface area contributed by atoms with Crippen molar-refractivity contribution in [1.29, 1.82) is 0 Å². The predicted molar refractivity (Wildman–Crippen MR) is 100 cm³/mol. The van der Waals surface area contributed by atoms with Gasteiger partial charge in [-0.3, -0.25) is 9.48 Å². The molecule has 1 fully saturated rings. The molecule has 0 radical (unpaired) electrons. The molecule has 1 aliphatic rings. The Morgan fingerprint density at radius 1 is 1.12 bits per heavy atom. The van der Waals surface area contributed by atoms with Crippen LogP contribution in [0.5, 0.6) is 0 Å². The van der Waals surface area contributed by atoms with Gasteiger partial charge in [0.15, 0.2) is 0 Å². The first-order valence-corrected chi connectivity index (χ1v) is 9.10. The Bertz CT molecular complexity index is 901. The normalized spacial score (nSPS) is 17.1. The number of benzene rings is 2. The Morgan fingerprint density at radius 3 is 2.69 bits per heavy atom. The molecule has 5 heteroatoms. The number of aliphatic hydroxyl groups is 1. The van der Waals surface area contributed by atoms with Crippen molar-refractivity contribution in [2.45, 2.75) is 26.0 Å². The Balaban J connectivity index is 1.36. The molecule has 3 aromatic rings. The molecule has 0 spiro atoms. The zero-order valence-corrected chi connectivity index (χ0v) is 14.7. The van der Waals surface area contributed by atoms with E-state index in [1.54, 1.807) is 4.68 Å². The topological polar surface area (TPSA) is 58.4 Å². The number of aromatic nitrogens is 2. The summed E-state index contributed by atoms with van der Waals surface area (Å²) in [6.45, 7) is 2.00. The van der Waals surface area contributed by atoms with Gasteiger partial charge in [0.1, 0.15) is 6.54 Å². The molecule has 1 unspecified atom stereocenters. The first kappa shape index (κ1) is 16.8. The van der Waals surface area contributed by atoms with Gasteiger partial charge in [0.05, 0.1) is 18.3 Å². The van der Waals surface area contributed by atoms with Crippen LogP contribution in [0.15, 0.2) is 54.7 Å². The maximum absolute atomic E-state index is 12.7. The van der Waals surface area contributed by atoms with Crippen molar-refractivity contribution in [3.05, 3.63) is 65.9 Å². The van der Waals surface area contributed by atoms with Gasteiger partial charge in [-0.2, -0.15) is 5.10 Å². The van der Waals surface area contributed by atoms with E-state index in [1.807, 2.05) is 47.5 Å². The highest BCUT2D eigenvalue weighted by atomic mass is 16.3. The number of aliphatic hydroxyl groups excluding tert-OH is 1. The Hall–Kier alpha value is -2.66. The minimum absolute atomic E-state index is 0.0775. The van der Waals surface area contributed by atoms with Crippen LogP contribution in [-0.4, -0.2) is 38.8 Å². The number of para-hydroxylation sites is 1. The minimum Gasteiger partial charge on any atom is -0.392 e. The standard InChI is InChI=1S/C21H23N3O2/c25-15-17-7-5-16(6-8-17)11-18-9-10-23(13-18)21(26)14-24-20-4-2-1-3-19(20)12-22-24/h1-8,12,18,25H,9-11,13-15H2. The fourth-order valence-electron chi connectivity index (χ4n) is 3.72. The second kappa shape index (κ2) is 7.30. The number of carbonyl (C=O) groups is 1. The zero-order chi connectivity index (χ0) is 17.9. The summed E-state index contributed by atoms with van der Waals surface area (Å²) >= 11 is 0. The average molecular weight is 349 g/mol. The number of carbonyl (C=O) groups excluding carboxylic acids is 1. The number of hydrogen-bond acceptors (Lipinski definition) is 3. The van der Waals surface area contributed by atoms with Gasteiger partial charge in [-0.1, -0.05) is 42.5 Å². The molecular formula is C21H23N3O2. The Morgan fingerprint density at radius 2 is 1.88 bits per heavy atom. The molecule has 4 rings (SSSR count). The van der Waals surface area contributed by atoms with Gasteiger partial charge in [-0.25, -0.2) is 0 Å². The first-order valence-electron chi connectivity index (χ1n) is 9.10. The van der Waals surface area contributed by atoms with Crippen LogP contribution in [0, 0.1) is 5.92 Å². The molecule has 1 amide bonds. The Labute approximate surface area is 152 Å². The number of likely N-dealkylation sites (tertiary alicyclic amines) is 1. The van der Waals surface area contributed by atoms with E-state index in [-0.39, 0.29) is 12.5 Å². The first-order chi connectivity index (χ1) is 12.7. The third kappa shape index (κ3) is 3.48. The summed E-state index contributed by atoms with van der Waals surface area (Å²) in [4.78, 5) is 14.6. The van der Waals surface area contributed by atoms with E-state index in [4.69, 9.17) is 5.11 Å². The van der Waals surface area contributed by atoms with Crippen LogP contribution in [0.1, 0.15) is 17.5 Å². The summed E-state index contributed by atoms with van der Waals surface area (Å²) in [5.41, 5.74) is 3.20. The van der Waals surface area contributed by atoms with Crippen molar-refractivity contribution in [3.63, 3.8) is 0 Å². The number of rotatable bonds is 5. The highest BCUT2D eigenvalue weighted by Crippen LogP contribution is 2.22. The molecule has 1 N–H and O–H groups in total. The zero-order valence-electron chi connectivity index (χ0n) is 14.7. The van der Waals surface area contributed by atoms with Gasteiger partial charge in [-0.05, 0) is 36.0 Å². The van der Waals surface area contributed by atoms with Crippen molar-refractivity contribution < 1.29 is 9.90 Å². The van der Waals surface area contributed by atoms with Crippen molar-refractivity contribution in [2.24, 2.45) is 5.92 Å². The van der Waals surface area contributed by atoms with Gasteiger partial charge < -0.3 is 10.0 Å². The molecule has 5 nitrogen and oxygen atoms in total. The van der Waals surface area contributed by atoms with Crippen LogP contribution in [0.3, 0.4) is 0 Å². The summed E-state index contributed by atoms with van der Waals surface area (Å²) in [6.07, 6.45) is 3.82. The van der Waals surface area contributed by atoms with Crippen molar-refractivity contribution in [1.82, 2.24) is 14.7 Å². The number of amides is 1. The van der Waals surface area contributed by atoms with E-state index in [9.17, 15) is 4.79 Å². The third-order valence-electron chi connectivity index (χ3n) is 5.20. The number of fused-ring (bicyclic) bond motifs is 1. The fourth-order valence-corrected chi connectivity index (χ4v) is 3.72. The monoisotopic (exact) mass is 349 g/mol. The molecule has 1 atom stereocenters. The maximum Gasteiger partial charge on any atom is 0.244 e. The lowest BCUT2D eigenvalue weighted by molar-refractivity contribution is -0.131. The number of nitrogens with zero attached hydrogens (tertiary/aromatic N) is 3.